The van der Waals surface area contributed by atoms with E-state index in [9.17, 15) is 9.90 Å². The van der Waals surface area contributed by atoms with Crippen LogP contribution in [-0.2, 0) is 4.79 Å². The van der Waals surface area contributed by atoms with Gasteiger partial charge in [-0.3, -0.25) is 4.79 Å². The highest BCUT2D eigenvalue weighted by atomic mass is 79.9. The van der Waals surface area contributed by atoms with Crippen molar-refractivity contribution in [2.45, 2.75) is 35.3 Å². The van der Waals surface area contributed by atoms with Crippen molar-refractivity contribution in [3.05, 3.63) is 0 Å². The largest absolute Gasteiger partial charge is 0.481 e. The maximum Gasteiger partial charge on any atom is 0.311 e. The molecule has 0 aromatic heterocycles. The third-order valence-corrected chi connectivity index (χ3v) is 8.10. The number of alkyl halides is 3. The number of fused-ring (bicyclic) bond motifs is 1. The molecule has 86 valence electrons. The normalized spacial score (nSPS) is 46.7. The van der Waals surface area contributed by atoms with E-state index in [0.717, 1.165) is 12.8 Å². The summed E-state index contributed by atoms with van der Waals surface area (Å²) >= 11 is 10.8. The van der Waals surface area contributed by atoms with Gasteiger partial charge in [0.15, 0.2) is 0 Å². The Morgan fingerprint density at radius 3 is 2.13 bits per heavy atom. The molecule has 3 atom stereocenters. The van der Waals surface area contributed by atoms with Crippen LogP contribution < -0.4 is 0 Å². The zero-order valence-electron chi connectivity index (χ0n) is 8.56. The van der Waals surface area contributed by atoms with Crippen LogP contribution in [0, 0.1) is 16.2 Å². The third-order valence-electron chi connectivity index (χ3n) is 4.87. The topological polar surface area (TPSA) is 37.3 Å². The molecule has 3 fully saturated rings. The molecule has 0 amide bonds. The van der Waals surface area contributed by atoms with Crippen LogP contribution in [0.25, 0.3) is 0 Å². The van der Waals surface area contributed by atoms with Crippen LogP contribution in [0.3, 0.4) is 0 Å². The van der Waals surface area contributed by atoms with Crippen LogP contribution in [0.2, 0.25) is 0 Å². The number of carboxylic acids is 1. The molecule has 3 saturated carbocycles. The Hall–Kier alpha value is 0.910. The Labute approximate surface area is 115 Å². The zero-order chi connectivity index (χ0) is 11.6. The van der Waals surface area contributed by atoms with E-state index in [1.165, 1.54) is 0 Å². The summed E-state index contributed by atoms with van der Waals surface area (Å²) in [6.45, 7) is 4.14. The minimum absolute atomic E-state index is 0.00535. The number of hydrogen-bond donors (Lipinski definition) is 1. The first-order valence-corrected chi connectivity index (χ1v) is 7.65. The maximum absolute atomic E-state index is 11.5. The Bertz CT molecular complexity index is 329. The molecule has 3 aliphatic rings. The molecule has 3 rings (SSSR count). The van der Waals surface area contributed by atoms with Gasteiger partial charge < -0.3 is 5.11 Å². The predicted molar refractivity (Wildman–Crippen MR) is 69.9 cm³/mol. The predicted octanol–water partition coefficient (Wildman–Crippen LogP) is 3.76. The lowest BCUT2D eigenvalue weighted by molar-refractivity contribution is -0.179. The molecular formula is C10H13Br3O2. The fraction of sp³-hybridized carbons (Fsp3) is 0.900. The second kappa shape index (κ2) is 3.22. The van der Waals surface area contributed by atoms with Gasteiger partial charge in [0.25, 0.3) is 0 Å². The summed E-state index contributed by atoms with van der Waals surface area (Å²) in [4.78, 5) is 11.5. The molecule has 1 N–H and O–H groups in total. The van der Waals surface area contributed by atoms with Crippen molar-refractivity contribution in [3.8, 4) is 0 Å². The third kappa shape index (κ3) is 0.998. The second-order valence-corrected chi connectivity index (χ2v) is 9.08. The highest BCUT2D eigenvalue weighted by Crippen LogP contribution is 2.82. The van der Waals surface area contributed by atoms with Crippen molar-refractivity contribution in [3.63, 3.8) is 0 Å². The van der Waals surface area contributed by atoms with Gasteiger partial charge in [0.1, 0.15) is 0 Å². The van der Waals surface area contributed by atoms with Gasteiger partial charge in [-0.05, 0) is 18.3 Å². The van der Waals surface area contributed by atoms with Crippen molar-refractivity contribution in [1.82, 2.24) is 0 Å². The first-order valence-electron chi connectivity index (χ1n) is 4.91. The number of aliphatic carboxylic acids is 1. The van der Waals surface area contributed by atoms with Crippen LogP contribution in [0.5, 0.6) is 0 Å². The first kappa shape index (κ1) is 12.4. The Morgan fingerprint density at radius 2 is 1.93 bits per heavy atom. The smallest absolute Gasteiger partial charge is 0.311 e. The zero-order valence-corrected chi connectivity index (χ0v) is 13.3. The quantitative estimate of drug-likeness (QED) is 0.711. The van der Waals surface area contributed by atoms with E-state index in [-0.39, 0.29) is 19.4 Å². The lowest BCUT2D eigenvalue weighted by atomic mass is 9.43. The van der Waals surface area contributed by atoms with Gasteiger partial charge in [0.05, 0.1) is 9.15 Å². The molecule has 0 aliphatic heterocycles. The van der Waals surface area contributed by atoms with Crippen molar-refractivity contribution >= 4 is 53.8 Å². The van der Waals surface area contributed by atoms with E-state index in [1.54, 1.807) is 0 Å². The number of carboxylic acid groups (broad SMARTS) is 1. The molecule has 5 heteroatoms. The second-order valence-electron chi connectivity index (χ2n) is 5.11. The maximum atomic E-state index is 11.5. The summed E-state index contributed by atoms with van der Waals surface area (Å²) in [5, 5.41) is 9.45. The van der Waals surface area contributed by atoms with Gasteiger partial charge in [0, 0.05) is 10.2 Å². The Balaban J connectivity index is 2.50. The van der Waals surface area contributed by atoms with Gasteiger partial charge in [-0.1, -0.05) is 61.6 Å². The summed E-state index contributed by atoms with van der Waals surface area (Å²) in [6, 6.07) is 0. The van der Waals surface area contributed by atoms with E-state index >= 15 is 0 Å². The highest BCUT2D eigenvalue weighted by molar-refractivity contribution is 9.24. The summed E-state index contributed by atoms with van der Waals surface area (Å²) in [7, 11) is 0. The summed E-state index contributed by atoms with van der Waals surface area (Å²) in [5.74, 6) is -0.664. The van der Waals surface area contributed by atoms with E-state index < -0.39 is 11.4 Å². The fourth-order valence-corrected chi connectivity index (χ4v) is 8.57. The molecular weight excluding hydrogens is 392 g/mol. The molecule has 0 unspecified atom stereocenters. The van der Waals surface area contributed by atoms with Crippen LogP contribution in [0.1, 0.15) is 26.7 Å². The number of halogens is 3. The average molecular weight is 405 g/mol. The van der Waals surface area contributed by atoms with E-state index in [2.05, 4.69) is 61.6 Å². The summed E-state index contributed by atoms with van der Waals surface area (Å²) in [6.07, 6.45) is 1.71. The van der Waals surface area contributed by atoms with E-state index in [0.29, 0.717) is 0 Å². The van der Waals surface area contributed by atoms with Crippen molar-refractivity contribution in [1.29, 1.82) is 0 Å². The van der Waals surface area contributed by atoms with Gasteiger partial charge in [-0.25, -0.2) is 0 Å². The van der Waals surface area contributed by atoms with Gasteiger partial charge >= 0.3 is 5.97 Å². The SMILES string of the molecule is CC1(C)[C@@]2(C(=O)O)CC[C@@]1(C(Br)Br)[C@H]2Br. The monoisotopic (exact) mass is 402 g/mol. The molecule has 0 spiro atoms. The van der Waals surface area contributed by atoms with Gasteiger partial charge in [-0.2, -0.15) is 0 Å². The van der Waals surface area contributed by atoms with Crippen LogP contribution >= 0.6 is 47.8 Å². The molecule has 3 aliphatic carbocycles. The molecule has 0 saturated heterocycles. The van der Waals surface area contributed by atoms with Gasteiger partial charge in [-0.15, -0.1) is 0 Å². The lowest BCUT2D eigenvalue weighted by Crippen LogP contribution is -2.70. The van der Waals surface area contributed by atoms with Crippen molar-refractivity contribution in [2.24, 2.45) is 16.2 Å². The fourth-order valence-electron chi connectivity index (χ4n) is 3.67. The van der Waals surface area contributed by atoms with Crippen LogP contribution in [0.4, 0.5) is 0 Å². The standard InChI is InChI=1S/C10H13Br3O2/c1-8(2)9(6(12)13)3-4-10(8,5(9)11)7(14)15/h5-6H,3-4H2,1-2H3,(H,14,15)/t5-,9+,10+/m1/s1. The number of hydrogen-bond acceptors (Lipinski definition) is 1. The van der Waals surface area contributed by atoms with Crippen molar-refractivity contribution < 1.29 is 9.90 Å². The van der Waals surface area contributed by atoms with Crippen molar-refractivity contribution in [2.75, 3.05) is 0 Å². The van der Waals surface area contributed by atoms with Crippen LogP contribution in [0.15, 0.2) is 0 Å². The summed E-state index contributed by atoms with van der Waals surface area (Å²) in [5.41, 5.74) is -0.768. The highest BCUT2D eigenvalue weighted by Gasteiger charge is 2.83. The number of carbonyl (C=O) groups is 1. The molecule has 0 aromatic carbocycles. The molecule has 0 heterocycles. The minimum atomic E-state index is -0.664. The molecule has 0 aromatic rings. The van der Waals surface area contributed by atoms with Gasteiger partial charge in [0.2, 0.25) is 0 Å². The number of rotatable bonds is 2. The molecule has 15 heavy (non-hydrogen) atoms. The van der Waals surface area contributed by atoms with Crippen LogP contribution in [-0.4, -0.2) is 19.6 Å². The summed E-state index contributed by atoms with van der Waals surface area (Å²) < 4.78 is 0.159. The first-order chi connectivity index (χ1) is 6.75. The molecule has 0 radical (unpaired) electrons. The van der Waals surface area contributed by atoms with E-state index in [4.69, 9.17) is 0 Å². The average Bonchev–Trinajstić information content (AvgIpc) is 2.53. The molecule has 2 nitrogen and oxygen atoms in total. The Kier molecular flexibility index (Phi) is 2.66. The molecule has 2 bridgehead atoms. The minimum Gasteiger partial charge on any atom is -0.481 e. The lowest BCUT2D eigenvalue weighted by Gasteiger charge is -2.65. The Morgan fingerprint density at radius 1 is 1.40 bits per heavy atom. The van der Waals surface area contributed by atoms with E-state index in [1.807, 2.05) is 0 Å².